The van der Waals surface area contributed by atoms with Gasteiger partial charge in [-0.05, 0) is 12.1 Å². The summed E-state index contributed by atoms with van der Waals surface area (Å²) in [6.45, 7) is -0.00179. The van der Waals surface area contributed by atoms with Gasteiger partial charge in [-0.2, -0.15) is 18.3 Å². The van der Waals surface area contributed by atoms with Crippen LogP contribution < -0.4 is 14.8 Å². The Hall–Kier alpha value is -2.71. The quantitative estimate of drug-likeness (QED) is 0.905. The van der Waals surface area contributed by atoms with E-state index in [2.05, 4.69) is 10.4 Å². The lowest BCUT2D eigenvalue weighted by molar-refractivity contribution is -0.141. The van der Waals surface area contributed by atoms with Crippen molar-refractivity contribution >= 4 is 5.91 Å². The van der Waals surface area contributed by atoms with Crippen LogP contribution in [0, 0.1) is 0 Å². The number of nitrogens with zero attached hydrogens (tertiary/aromatic N) is 2. The molecule has 1 aromatic heterocycles. The lowest BCUT2D eigenvalue weighted by Gasteiger charge is -2.11. The predicted molar refractivity (Wildman–Crippen MR) is 78.9 cm³/mol. The Balaban J connectivity index is 2.17. The van der Waals surface area contributed by atoms with E-state index in [4.69, 9.17) is 9.47 Å². The molecule has 2 rings (SSSR count). The van der Waals surface area contributed by atoms with Crippen LogP contribution in [0.1, 0.15) is 21.6 Å². The van der Waals surface area contributed by atoms with Gasteiger partial charge < -0.3 is 14.8 Å². The maximum atomic E-state index is 12.9. The Morgan fingerprint density at radius 1 is 1.29 bits per heavy atom. The van der Waals surface area contributed by atoms with E-state index in [1.54, 1.807) is 18.2 Å². The molecule has 0 saturated carbocycles. The summed E-state index contributed by atoms with van der Waals surface area (Å²) >= 11 is 0. The van der Waals surface area contributed by atoms with Crippen LogP contribution in [-0.4, -0.2) is 29.9 Å². The van der Waals surface area contributed by atoms with E-state index in [1.807, 2.05) is 0 Å². The molecule has 24 heavy (non-hydrogen) atoms. The third-order valence-electron chi connectivity index (χ3n) is 3.28. The molecule has 9 heteroatoms. The summed E-state index contributed by atoms with van der Waals surface area (Å²) in [7, 11) is 4.26. The molecule has 1 heterocycles. The molecule has 6 nitrogen and oxygen atoms in total. The van der Waals surface area contributed by atoms with Gasteiger partial charge in [0.1, 0.15) is 11.5 Å². The molecular formula is C15H16F3N3O3. The predicted octanol–water partition coefficient (Wildman–Crippen LogP) is 2.39. The summed E-state index contributed by atoms with van der Waals surface area (Å²) in [6, 6.07) is 4.94. The van der Waals surface area contributed by atoms with E-state index in [9.17, 15) is 18.0 Å². The van der Waals surface area contributed by atoms with E-state index >= 15 is 0 Å². The summed E-state index contributed by atoms with van der Waals surface area (Å²) in [4.78, 5) is 12.1. The van der Waals surface area contributed by atoms with Gasteiger partial charge in [0.25, 0.3) is 5.91 Å². The van der Waals surface area contributed by atoms with Crippen LogP contribution in [0.2, 0.25) is 0 Å². The average molecular weight is 343 g/mol. The van der Waals surface area contributed by atoms with Crippen molar-refractivity contribution in [2.75, 3.05) is 14.2 Å². The van der Waals surface area contributed by atoms with E-state index < -0.39 is 23.3 Å². The topological polar surface area (TPSA) is 65.4 Å². The standard InChI is InChI=1S/C15H16F3N3O3/c1-21-8-11(13(20-21)15(16,17)18)14(22)19-7-9-4-5-10(23-2)6-12(9)24-3/h4-6,8H,7H2,1-3H3,(H,19,22). The zero-order valence-electron chi connectivity index (χ0n) is 13.3. The number of halogens is 3. The fourth-order valence-corrected chi connectivity index (χ4v) is 2.13. The number of hydrogen-bond donors (Lipinski definition) is 1. The molecule has 0 aliphatic rings. The van der Waals surface area contributed by atoms with E-state index in [-0.39, 0.29) is 6.54 Å². The molecule has 1 aromatic carbocycles. The van der Waals surface area contributed by atoms with Crippen LogP contribution in [0.3, 0.4) is 0 Å². The SMILES string of the molecule is COc1ccc(CNC(=O)c2cn(C)nc2C(F)(F)F)c(OC)c1. The fraction of sp³-hybridized carbons (Fsp3) is 0.333. The van der Waals surface area contributed by atoms with Gasteiger partial charge in [0, 0.05) is 31.4 Å². The first-order chi connectivity index (χ1) is 11.3. The normalized spacial score (nSPS) is 11.2. The number of methoxy groups -OCH3 is 2. The van der Waals surface area contributed by atoms with Crippen molar-refractivity contribution in [2.24, 2.45) is 7.05 Å². The smallest absolute Gasteiger partial charge is 0.435 e. The van der Waals surface area contributed by atoms with Gasteiger partial charge in [0.15, 0.2) is 5.69 Å². The van der Waals surface area contributed by atoms with E-state index in [1.165, 1.54) is 21.3 Å². The average Bonchev–Trinajstić information content (AvgIpc) is 2.94. The Morgan fingerprint density at radius 3 is 2.58 bits per heavy atom. The van der Waals surface area contributed by atoms with Gasteiger partial charge >= 0.3 is 6.18 Å². The second kappa shape index (κ2) is 6.81. The van der Waals surface area contributed by atoms with Crippen molar-refractivity contribution in [3.05, 3.63) is 41.2 Å². The summed E-state index contributed by atoms with van der Waals surface area (Å²) in [5.41, 5.74) is -1.15. The number of amides is 1. The van der Waals surface area contributed by atoms with Crippen LogP contribution in [0.4, 0.5) is 13.2 Å². The van der Waals surface area contributed by atoms with Gasteiger partial charge in [-0.25, -0.2) is 0 Å². The summed E-state index contributed by atoms with van der Waals surface area (Å²) in [6.07, 6.45) is -3.67. The molecular weight excluding hydrogens is 327 g/mol. The van der Waals surface area contributed by atoms with Crippen LogP contribution in [0.15, 0.2) is 24.4 Å². The number of carbonyl (C=O) groups excluding carboxylic acids is 1. The van der Waals surface area contributed by atoms with Crippen molar-refractivity contribution in [1.82, 2.24) is 15.1 Å². The molecule has 0 bridgehead atoms. The zero-order chi connectivity index (χ0) is 17.9. The first kappa shape index (κ1) is 17.6. The third-order valence-corrected chi connectivity index (χ3v) is 3.28. The van der Waals surface area contributed by atoms with Crippen molar-refractivity contribution in [2.45, 2.75) is 12.7 Å². The highest BCUT2D eigenvalue weighted by Crippen LogP contribution is 2.30. The first-order valence-corrected chi connectivity index (χ1v) is 6.86. The highest BCUT2D eigenvalue weighted by molar-refractivity contribution is 5.95. The van der Waals surface area contributed by atoms with E-state index in [0.29, 0.717) is 17.1 Å². The highest BCUT2D eigenvalue weighted by atomic mass is 19.4. The molecule has 0 radical (unpaired) electrons. The van der Waals surface area contributed by atoms with Crippen LogP contribution >= 0.6 is 0 Å². The molecule has 1 amide bonds. The zero-order valence-corrected chi connectivity index (χ0v) is 13.3. The first-order valence-electron chi connectivity index (χ1n) is 6.86. The molecule has 130 valence electrons. The molecule has 0 aliphatic heterocycles. The Labute approximate surface area is 136 Å². The minimum absolute atomic E-state index is 0.00179. The Bertz CT molecular complexity index is 741. The number of rotatable bonds is 5. The van der Waals surface area contributed by atoms with Gasteiger partial charge in [0.05, 0.1) is 19.8 Å². The molecule has 0 unspecified atom stereocenters. The number of hydrogen-bond acceptors (Lipinski definition) is 4. The number of ether oxygens (including phenoxy) is 2. The van der Waals surface area contributed by atoms with Crippen molar-refractivity contribution < 1.29 is 27.4 Å². The van der Waals surface area contributed by atoms with Crippen LogP contribution in [0.5, 0.6) is 11.5 Å². The molecule has 0 atom stereocenters. The minimum Gasteiger partial charge on any atom is -0.497 e. The number of nitrogens with one attached hydrogen (secondary N) is 1. The number of alkyl halides is 3. The minimum atomic E-state index is -4.70. The lowest BCUT2D eigenvalue weighted by atomic mass is 10.1. The maximum absolute atomic E-state index is 12.9. The summed E-state index contributed by atoms with van der Waals surface area (Å²) in [5.74, 6) is 0.152. The summed E-state index contributed by atoms with van der Waals surface area (Å²) in [5, 5.41) is 5.74. The monoisotopic (exact) mass is 343 g/mol. The molecule has 1 N–H and O–H groups in total. The lowest BCUT2D eigenvalue weighted by Crippen LogP contribution is -2.25. The van der Waals surface area contributed by atoms with Crippen molar-refractivity contribution in [1.29, 1.82) is 0 Å². The fourth-order valence-electron chi connectivity index (χ4n) is 2.13. The number of aromatic nitrogens is 2. The maximum Gasteiger partial charge on any atom is 0.435 e. The number of benzene rings is 1. The number of aryl methyl sites for hydroxylation is 1. The third kappa shape index (κ3) is 3.79. The molecule has 0 spiro atoms. The second-order valence-electron chi connectivity index (χ2n) is 4.92. The summed E-state index contributed by atoms with van der Waals surface area (Å²) < 4.78 is 49.9. The van der Waals surface area contributed by atoms with Crippen LogP contribution in [0.25, 0.3) is 0 Å². The van der Waals surface area contributed by atoms with Gasteiger partial charge in [-0.3, -0.25) is 9.48 Å². The van der Waals surface area contributed by atoms with Gasteiger partial charge in [-0.15, -0.1) is 0 Å². The van der Waals surface area contributed by atoms with Gasteiger partial charge in [-0.1, -0.05) is 0 Å². The van der Waals surface area contributed by atoms with Crippen molar-refractivity contribution in [3.63, 3.8) is 0 Å². The molecule has 0 saturated heterocycles. The number of carbonyl (C=O) groups is 1. The molecule has 0 fully saturated rings. The highest BCUT2D eigenvalue weighted by Gasteiger charge is 2.38. The Kier molecular flexibility index (Phi) is 5.01. The largest absolute Gasteiger partial charge is 0.497 e. The second-order valence-corrected chi connectivity index (χ2v) is 4.92. The van der Waals surface area contributed by atoms with E-state index in [0.717, 1.165) is 10.9 Å². The molecule has 2 aromatic rings. The Morgan fingerprint density at radius 2 is 2.00 bits per heavy atom. The van der Waals surface area contributed by atoms with Gasteiger partial charge in [0.2, 0.25) is 0 Å². The molecule has 0 aliphatic carbocycles. The van der Waals surface area contributed by atoms with Crippen LogP contribution in [-0.2, 0) is 19.8 Å². The van der Waals surface area contributed by atoms with Crippen molar-refractivity contribution in [3.8, 4) is 11.5 Å².